The minimum absolute atomic E-state index is 0.0238. The average molecular weight is 963 g/mol. The lowest BCUT2D eigenvalue weighted by molar-refractivity contribution is -0.140. The lowest BCUT2D eigenvalue weighted by Crippen LogP contribution is -2.30. The highest BCUT2D eigenvalue weighted by molar-refractivity contribution is 7.89. The van der Waals surface area contributed by atoms with Crippen LogP contribution in [0.2, 0.25) is 0 Å². The van der Waals surface area contributed by atoms with Gasteiger partial charge in [0.2, 0.25) is 20.0 Å². The predicted octanol–water partition coefficient (Wildman–Crippen LogP) is 5.94. The number of rotatable bonds is 16. The van der Waals surface area contributed by atoms with Crippen LogP contribution in [0.4, 0.5) is 4.39 Å². The number of aliphatic carboxylic acids is 1. The van der Waals surface area contributed by atoms with E-state index in [-0.39, 0.29) is 77.7 Å². The minimum atomic E-state index is -3.95. The number of aliphatic hydroxyl groups excluding tert-OH is 1. The van der Waals surface area contributed by atoms with Gasteiger partial charge >= 0.3 is 11.9 Å². The van der Waals surface area contributed by atoms with Gasteiger partial charge in [0, 0.05) is 48.1 Å². The molecule has 0 radical (unpaired) electrons. The molecule has 2 aliphatic heterocycles. The second-order valence-corrected chi connectivity index (χ2v) is 20.4. The molecule has 17 nitrogen and oxygen atoms in total. The van der Waals surface area contributed by atoms with Gasteiger partial charge in [-0.2, -0.15) is 18.8 Å². The van der Waals surface area contributed by atoms with E-state index in [9.17, 15) is 41.0 Å². The molecule has 0 unspecified atom stereocenters. The molecule has 0 spiro atoms. The first kappa shape index (κ1) is 49.0. The summed E-state index contributed by atoms with van der Waals surface area (Å²) in [5.41, 5.74) is 3.00. The van der Waals surface area contributed by atoms with E-state index in [1.807, 2.05) is 74.0 Å². The number of alkyl halides is 1. The van der Waals surface area contributed by atoms with Crippen molar-refractivity contribution in [1.29, 1.82) is 0 Å². The van der Waals surface area contributed by atoms with Crippen LogP contribution < -0.4 is 9.47 Å². The summed E-state index contributed by atoms with van der Waals surface area (Å²) >= 11 is 0. The maximum atomic E-state index is 13.7. The number of carboxylic acid groups (broad SMARTS) is 1. The van der Waals surface area contributed by atoms with E-state index >= 15 is 0 Å². The number of nitrogens with zero attached hydrogens (tertiary/aromatic N) is 6. The fourth-order valence-electron chi connectivity index (χ4n) is 8.90. The van der Waals surface area contributed by atoms with Crippen molar-refractivity contribution in [2.24, 2.45) is 11.8 Å². The van der Waals surface area contributed by atoms with Crippen molar-refractivity contribution in [3.05, 3.63) is 107 Å². The van der Waals surface area contributed by atoms with Crippen molar-refractivity contribution in [2.75, 3.05) is 46.5 Å². The first-order chi connectivity index (χ1) is 32.0. The molecule has 4 heterocycles. The number of para-hydroxylation sites is 2. The molecule has 2 saturated heterocycles. The van der Waals surface area contributed by atoms with Gasteiger partial charge in [-0.05, 0) is 74.2 Å². The van der Waals surface area contributed by atoms with Crippen LogP contribution in [0.1, 0.15) is 62.3 Å². The quantitative estimate of drug-likeness (QED) is 0.108. The van der Waals surface area contributed by atoms with E-state index < -0.39 is 39.3 Å². The third kappa shape index (κ3) is 10.0. The molecule has 20 heteroatoms. The zero-order valence-electron chi connectivity index (χ0n) is 37.9. The van der Waals surface area contributed by atoms with E-state index in [2.05, 4.69) is 5.10 Å². The summed E-state index contributed by atoms with van der Waals surface area (Å²) in [7, 11) is -6.47. The molecule has 0 amide bonds. The molecule has 2 aliphatic rings. The van der Waals surface area contributed by atoms with Crippen molar-refractivity contribution in [3.8, 4) is 11.5 Å². The minimum Gasteiger partial charge on any atom is -0.494 e. The molecule has 8 rings (SSSR count). The summed E-state index contributed by atoms with van der Waals surface area (Å²) in [4.78, 5) is 23.2. The maximum Gasteiger partial charge on any atom is 0.311 e. The van der Waals surface area contributed by atoms with Crippen LogP contribution >= 0.6 is 0 Å². The van der Waals surface area contributed by atoms with Gasteiger partial charge in [-0.1, -0.05) is 50.2 Å². The van der Waals surface area contributed by atoms with Gasteiger partial charge in [-0.15, -0.1) is 0 Å². The van der Waals surface area contributed by atoms with Crippen LogP contribution in [-0.4, -0.2) is 114 Å². The van der Waals surface area contributed by atoms with Crippen molar-refractivity contribution >= 4 is 53.8 Å². The molecule has 2 N–H and O–H groups in total. The summed E-state index contributed by atoms with van der Waals surface area (Å²) < 4.78 is 89.7. The molecular weight excluding hydrogens is 908 g/mol. The molecule has 2 aromatic heterocycles. The van der Waals surface area contributed by atoms with Crippen LogP contribution in [0.25, 0.3) is 21.8 Å². The molecule has 0 bridgehead atoms. The largest absolute Gasteiger partial charge is 0.494 e. The number of hydrogen-bond donors (Lipinski definition) is 2. The highest BCUT2D eigenvalue weighted by Gasteiger charge is 2.42. The number of carbonyl (C=O) groups excluding carboxylic acids is 1. The molecule has 4 aromatic carbocycles. The van der Waals surface area contributed by atoms with E-state index in [4.69, 9.17) is 19.3 Å². The van der Waals surface area contributed by atoms with Crippen LogP contribution in [0.5, 0.6) is 11.5 Å². The molecule has 0 saturated carbocycles. The van der Waals surface area contributed by atoms with Crippen molar-refractivity contribution < 1.29 is 55.2 Å². The SMILES string of the molecule is CCOc1ccc(S(=O)(=O)N2C[C@@H](C)[C@@H](n3nc(CC(=O)O)c4ccccc43)C2)c(CF)c1.CCOc1ccc(S(=O)(=O)N2C[C@@H](C)[C@@H](n3nc(CC(=O)OC)c4ccccc43)C2)c(CO)c1. The van der Waals surface area contributed by atoms with Gasteiger partial charge in [-0.3, -0.25) is 19.0 Å². The van der Waals surface area contributed by atoms with Gasteiger partial charge in [-0.25, -0.2) is 21.2 Å². The van der Waals surface area contributed by atoms with Crippen molar-refractivity contribution in [3.63, 3.8) is 0 Å². The Bertz CT molecular complexity index is 3000. The van der Waals surface area contributed by atoms with E-state index in [1.165, 1.54) is 40.0 Å². The van der Waals surface area contributed by atoms with E-state index in [1.54, 1.807) is 23.7 Å². The number of benzene rings is 4. The monoisotopic (exact) mass is 962 g/mol. The third-order valence-corrected chi connectivity index (χ3v) is 16.0. The molecular formula is C47H55FN6O11S2. The van der Waals surface area contributed by atoms with Crippen LogP contribution in [0.3, 0.4) is 0 Å². The number of halogens is 1. The highest BCUT2D eigenvalue weighted by Crippen LogP contribution is 2.38. The van der Waals surface area contributed by atoms with Crippen LogP contribution in [-0.2, 0) is 60.5 Å². The van der Waals surface area contributed by atoms with Gasteiger partial charge in [0.1, 0.15) is 18.2 Å². The summed E-state index contributed by atoms with van der Waals surface area (Å²) in [5.74, 6) is -0.541. The fraction of sp³-hybridized carbons (Fsp3) is 0.404. The van der Waals surface area contributed by atoms with Crippen LogP contribution in [0.15, 0.2) is 94.7 Å². The summed E-state index contributed by atoms with van der Waals surface area (Å²) in [6.45, 7) is 7.99. The second kappa shape index (κ2) is 20.5. The molecule has 4 atom stereocenters. The van der Waals surface area contributed by atoms with Gasteiger partial charge in [0.15, 0.2) is 0 Å². The lowest BCUT2D eigenvalue weighted by Gasteiger charge is -2.19. The number of ether oxygens (including phenoxy) is 3. The highest BCUT2D eigenvalue weighted by atomic mass is 32.2. The normalized spacial score (nSPS) is 19.1. The van der Waals surface area contributed by atoms with E-state index in [0.717, 1.165) is 21.8 Å². The smallest absolute Gasteiger partial charge is 0.311 e. The lowest BCUT2D eigenvalue weighted by atomic mass is 10.1. The standard InChI is InChI=1S/C24H29N3O6S.C23H26FN3O5S/c1-4-33-18-9-10-23(17(11-18)15-28)34(30,31)26-13-16(2)22(14-26)27-21-8-6-5-7-19(21)20(25-27)12-24(29)32-3;1-3-32-17-8-9-22(16(10-17)12-24)33(30,31)26-13-15(2)21(14-26)27-20-7-5-4-6-18(20)19(25-27)11-23(28)29/h5-11,16,22,28H,4,12-15H2,1-3H3;4-10,15,21H,3,11-14H2,1-2H3,(H,28,29)/t16-,22+;15-,21+/m11/s1. The fourth-order valence-corrected chi connectivity index (χ4v) is 12.4. The Hall–Kier alpha value is -5.93. The number of hydrogen-bond acceptors (Lipinski definition) is 12. The van der Waals surface area contributed by atoms with Crippen molar-refractivity contribution in [1.82, 2.24) is 28.2 Å². The molecule has 358 valence electrons. The third-order valence-electron chi connectivity index (χ3n) is 12.2. The predicted molar refractivity (Wildman–Crippen MR) is 246 cm³/mol. The first-order valence-corrected chi connectivity index (χ1v) is 24.8. The Labute approximate surface area is 388 Å². The van der Waals surface area contributed by atoms with E-state index in [0.29, 0.717) is 48.2 Å². The van der Waals surface area contributed by atoms with Crippen molar-refractivity contribution in [2.45, 2.75) is 75.7 Å². The number of methoxy groups -OCH3 is 1. The molecule has 67 heavy (non-hydrogen) atoms. The number of carboxylic acids is 1. The number of sulfonamides is 2. The van der Waals surface area contributed by atoms with Gasteiger partial charge in [0.25, 0.3) is 0 Å². The molecule has 6 aromatic rings. The zero-order chi connectivity index (χ0) is 48.2. The zero-order valence-corrected chi connectivity index (χ0v) is 39.5. The van der Waals surface area contributed by atoms with Gasteiger partial charge in [0.05, 0.1) is 84.1 Å². The Morgan fingerprint density at radius 2 is 1.13 bits per heavy atom. The Balaban J connectivity index is 0.000000199. The Kier molecular flexibility index (Phi) is 15.0. The molecule has 0 aliphatic carbocycles. The topological polar surface area (TPSA) is 213 Å². The molecule has 2 fully saturated rings. The number of aliphatic hydroxyl groups is 1. The number of esters is 1. The maximum absolute atomic E-state index is 13.7. The first-order valence-electron chi connectivity index (χ1n) is 21.9. The summed E-state index contributed by atoms with van der Waals surface area (Å²) in [6, 6.07) is 23.4. The summed E-state index contributed by atoms with van der Waals surface area (Å²) in [5, 5.41) is 29.9. The van der Waals surface area contributed by atoms with Gasteiger partial charge < -0.3 is 24.4 Å². The number of fused-ring (bicyclic) bond motifs is 2. The van der Waals surface area contributed by atoms with Crippen LogP contribution in [0, 0.1) is 11.8 Å². The summed E-state index contributed by atoms with van der Waals surface area (Å²) in [6.07, 6.45) is -0.179. The average Bonchev–Trinajstić information content (AvgIpc) is 4.09. The second-order valence-electron chi connectivity index (χ2n) is 16.6. The Morgan fingerprint density at radius 3 is 1.57 bits per heavy atom. The Morgan fingerprint density at radius 1 is 0.687 bits per heavy atom. The number of carbonyl (C=O) groups is 2. The number of aromatic nitrogens is 4.